The lowest BCUT2D eigenvalue weighted by atomic mass is 10.4. The van der Waals surface area contributed by atoms with E-state index in [1.165, 1.54) is 16.2 Å². The fourth-order valence-electron chi connectivity index (χ4n) is 1.41. The van der Waals surface area contributed by atoms with Crippen LogP contribution in [-0.4, -0.2) is 41.0 Å². The highest BCUT2D eigenvalue weighted by atomic mass is 32.2. The van der Waals surface area contributed by atoms with E-state index in [0.717, 1.165) is 16.5 Å². The molecule has 1 aromatic rings. The van der Waals surface area contributed by atoms with Crippen LogP contribution in [0.1, 0.15) is 23.0 Å². The SMILES string of the molecule is CCCSc1nc2c(s1)C(=O)N(C)CC(=O)N2. The first-order valence-electron chi connectivity index (χ1n) is 5.30. The van der Waals surface area contributed by atoms with Crippen molar-refractivity contribution >= 4 is 40.7 Å². The Hall–Kier alpha value is -1.08. The summed E-state index contributed by atoms with van der Waals surface area (Å²) >= 11 is 2.96. The quantitative estimate of drug-likeness (QED) is 0.849. The molecule has 0 unspecified atom stereocenters. The number of anilines is 1. The minimum Gasteiger partial charge on any atom is -0.332 e. The van der Waals surface area contributed by atoms with Crippen molar-refractivity contribution < 1.29 is 9.59 Å². The summed E-state index contributed by atoms with van der Waals surface area (Å²) in [5.41, 5.74) is 0. The van der Waals surface area contributed by atoms with Gasteiger partial charge in [0.05, 0.1) is 6.54 Å². The maximum Gasteiger partial charge on any atom is 0.268 e. The fourth-order valence-corrected chi connectivity index (χ4v) is 3.43. The van der Waals surface area contributed by atoms with Gasteiger partial charge < -0.3 is 10.2 Å². The molecule has 1 aliphatic rings. The van der Waals surface area contributed by atoms with Gasteiger partial charge in [0.15, 0.2) is 10.2 Å². The molecule has 0 atom stereocenters. The zero-order chi connectivity index (χ0) is 12.4. The lowest BCUT2D eigenvalue weighted by Gasteiger charge is -2.10. The molecule has 0 bridgehead atoms. The van der Waals surface area contributed by atoms with E-state index in [4.69, 9.17) is 0 Å². The summed E-state index contributed by atoms with van der Waals surface area (Å²) in [6.07, 6.45) is 1.05. The first kappa shape index (κ1) is 12.4. The van der Waals surface area contributed by atoms with Crippen molar-refractivity contribution in [2.45, 2.75) is 17.7 Å². The Morgan fingerprint density at radius 3 is 3.00 bits per heavy atom. The third kappa shape index (κ3) is 2.61. The van der Waals surface area contributed by atoms with Crippen LogP contribution in [0.5, 0.6) is 0 Å². The van der Waals surface area contributed by atoms with Crippen LogP contribution in [0.4, 0.5) is 5.82 Å². The summed E-state index contributed by atoms with van der Waals surface area (Å²) in [5, 5.41) is 2.66. The summed E-state index contributed by atoms with van der Waals surface area (Å²) in [6.45, 7) is 2.17. The Labute approximate surface area is 108 Å². The highest BCUT2D eigenvalue weighted by Gasteiger charge is 2.27. The Morgan fingerprint density at radius 1 is 1.53 bits per heavy atom. The second kappa shape index (κ2) is 5.05. The smallest absolute Gasteiger partial charge is 0.268 e. The third-order valence-corrected chi connectivity index (χ3v) is 4.61. The lowest BCUT2D eigenvalue weighted by molar-refractivity contribution is -0.116. The second-order valence-corrected chi connectivity index (χ2v) is 6.06. The molecule has 0 saturated carbocycles. The number of carbonyl (C=O) groups is 2. The van der Waals surface area contributed by atoms with Gasteiger partial charge >= 0.3 is 0 Å². The zero-order valence-electron chi connectivity index (χ0n) is 9.65. The van der Waals surface area contributed by atoms with Crippen molar-refractivity contribution in [1.29, 1.82) is 0 Å². The number of hydrogen-bond donors (Lipinski definition) is 1. The number of aromatic nitrogens is 1. The predicted octanol–water partition coefficient (Wildman–Crippen LogP) is 1.67. The number of nitrogens with zero attached hydrogens (tertiary/aromatic N) is 2. The summed E-state index contributed by atoms with van der Waals surface area (Å²) in [7, 11) is 1.62. The summed E-state index contributed by atoms with van der Waals surface area (Å²) < 4.78 is 0.834. The summed E-state index contributed by atoms with van der Waals surface area (Å²) in [5.74, 6) is 1.04. The van der Waals surface area contributed by atoms with Crippen LogP contribution in [0.3, 0.4) is 0 Å². The number of amides is 2. The van der Waals surface area contributed by atoms with Gasteiger partial charge in [0.2, 0.25) is 5.91 Å². The highest BCUT2D eigenvalue weighted by molar-refractivity contribution is 8.01. The van der Waals surface area contributed by atoms with Gasteiger partial charge in [-0.2, -0.15) is 0 Å². The van der Waals surface area contributed by atoms with Gasteiger partial charge in [-0.25, -0.2) is 4.98 Å². The Bertz CT molecular complexity index is 458. The monoisotopic (exact) mass is 271 g/mol. The van der Waals surface area contributed by atoms with Gasteiger partial charge in [0.25, 0.3) is 5.91 Å². The number of carbonyl (C=O) groups excluding carboxylic acids is 2. The van der Waals surface area contributed by atoms with Gasteiger partial charge in [-0.3, -0.25) is 9.59 Å². The molecular weight excluding hydrogens is 258 g/mol. The van der Waals surface area contributed by atoms with E-state index in [1.807, 2.05) is 0 Å². The third-order valence-electron chi connectivity index (χ3n) is 2.22. The Kier molecular flexibility index (Phi) is 3.68. The van der Waals surface area contributed by atoms with Gasteiger partial charge in [-0.1, -0.05) is 18.7 Å². The first-order valence-corrected chi connectivity index (χ1v) is 7.11. The van der Waals surface area contributed by atoms with E-state index in [0.29, 0.717) is 10.7 Å². The molecule has 1 aromatic heterocycles. The van der Waals surface area contributed by atoms with Crippen LogP contribution in [0.15, 0.2) is 4.34 Å². The van der Waals surface area contributed by atoms with Gasteiger partial charge in [-0.15, -0.1) is 11.3 Å². The van der Waals surface area contributed by atoms with Crippen molar-refractivity contribution in [1.82, 2.24) is 9.88 Å². The zero-order valence-corrected chi connectivity index (χ0v) is 11.3. The minimum absolute atomic E-state index is 0.0827. The van der Waals surface area contributed by atoms with Crippen LogP contribution in [0.25, 0.3) is 0 Å². The molecule has 0 spiro atoms. The molecular formula is C10H13N3O2S2. The summed E-state index contributed by atoms with van der Waals surface area (Å²) in [4.78, 5) is 29.7. The molecule has 5 nitrogen and oxygen atoms in total. The standard InChI is InChI=1S/C10H13N3O2S2/c1-3-4-16-10-12-8-7(17-10)9(15)13(2)5-6(14)11-8/h3-5H2,1-2H3,(H,11,14). The molecule has 1 N–H and O–H groups in total. The number of thiazole rings is 1. The van der Waals surface area contributed by atoms with Crippen LogP contribution in [0, 0.1) is 0 Å². The molecule has 0 aromatic carbocycles. The van der Waals surface area contributed by atoms with E-state index in [9.17, 15) is 9.59 Å². The minimum atomic E-state index is -0.197. The molecule has 17 heavy (non-hydrogen) atoms. The molecule has 0 radical (unpaired) electrons. The van der Waals surface area contributed by atoms with Crippen LogP contribution in [-0.2, 0) is 4.79 Å². The van der Waals surface area contributed by atoms with Crippen molar-refractivity contribution in [3.63, 3.8) is 0 Å². The largest absolute Gasteiger partial charge is 0.332 e. The lowest BCUT2D eigenvalue weighted by Crippen LogP contribution is -2.31. The molecule has 2 heterocycles. The molecule has 2 amide bonds. The normalized spacial score (nSPS) is 15.5. The van der Waals surface area contributed by atoms with Crippen molar-refractivity contribution in [3.05, 3.63) is 4.88 Å². The molecule has 0 saturated heterocycles. The van der Waals surface area contributed by atoms with Gasteiger partial charge in [-0.05, 0) is 6.42 Å². The molecule has 2 rings (SSSR count). The van der Waals surface area contributed by atoms with E-state index in [2.05, 4.69) is 17.2 Å². The molecule has 0 fully saturated rings. The molecule has 7 heteroatoms. The van der Waals surface area contributed by atoms with Gasteiger partial charge in [0, 0.05) is 12.8 Å². The van der Waals surface area contributed by atoms with Crippen molar-refractivity contribution in [2.75, 3.05) is 24.7 Å². The average Bonchev–Trinajstić information content (AvgIpc) is 2.64. The maximum absolute atomic E-state index is 12.0. The van der Waals surface area contributed by atoms with Crippen molar-refractivity contribution in [3.8, 4) is 0 Å². The number of nitrogens with one attached hydrogen (secondary N) is 1. The first-order chi connectivity index (χ1) is 8.11. The van der Waals surface area contributed by atoms with Crippen LogP contribution < -0.4 is 5.32 Å². The number of rotatable bonds is 3. The Balaban J connectivity index is 2.29. The highest BCUT2D eigenvalue weighted by Crippen LogP contribution is 2.32. The van der Waals surface area contributed by atoms with Crippen molar-refractivity contribution in [2.24, 2.45) is 0 Å². The molecule has 1 aliphatic heterocycles. The number of thioether (sulfide) groups is 1. The van der Waals surface area contributed by atoms with Crippen LogP contribution >= 0.6 is 23.1 Å². The average molecular weight is 271 g/mol. The summed E-state index contributed by atoms with van der Waals surface area (Å²) in [6, 6.07) is 0. The molecule has 92 valence electrons. The van der Waals surface area contributed by atoms with E-state index in [1.54, 1.807) is 18.8 Å². The van der Waals surface area contributed by atoms with E-state index >= 15 is 0 Å². The predicted molar refractivity (Wildman–Crippen MR) is 68.7 cm³/mol. The second-order valence-electron chi connectivity index (χ2n) is 3.72. The van der Waals surface area contributed by atoms with E-state index in [-0.39, 0.29) is 18.4 Å². The Morgan fingerprint density at radius 2 is 2.29 bits per heavy atom. The molecule has 0 aliphatic carbocycles. The van der Waals surface area contributed by atoms with Crippen LogP contribution in [0.2, 0.25) is 0 Å². The topological polar surface area (TPSA) is 62.3 Å². The number of likely N-dealkylation sites (N-methyl/N-ethyl adjacent to an activating group) is 1. The van der Waals surface area contributed by atoms with E-state index < -0.39 is 0 Å². The maximum atomic E-state index is 12.0. The number of fused-ring (bicyclic) bond motifs is 1. The van der Waals surface area contributed by atoms with Gasteiger partial charge in [0.1, 0.15) is 4.88 Å². The fraction of sp³-hybridized carbons (Fsp3) is 0.500. The number of hydrogen-bond acceptors (Lipinski definition) is 5.